The van der Waals surface area contributed by atoms with Crippen molar-refractivity contribution in [2.75, 3.05) is 44.2 Å². The second kappa shape index (κ2) is 9.78. The number of piperazine rings is 1. The number of rotatable bonds is 3. The van der Waals surface area contributed by atoms with Crippen LogP contribution in [0.5, 0.6) is 0 Å². The number of thioether (sulfide) groups is 1. The summed E-state index contributed by atoms with van der Waals surface area (Å²) in [6.07, 6.45) is 0.505. The molecule has 2 saturated heterocycles. The van der Waals surface area contributed by atoms with Gasteiger partial charge in [0.15, 0.2) is 0 Å². The van der Waals surface area contributed by atoms with E-state index in [1.54, 1.807) is 4.90 Å². The van der Waals surface area contributed by atoms with Crippen LogP contribution in [-0.2, 0) is 4.79 Å². The van der Waals surface area contributed by atoms with Gasteiger partial charge in [-0.1, -0.05) is 11.6 Å². The van der Waals surface area contributed by atoms with E-state index in [2.05, 4.69) is 5.32 Å². The molecule has 0 saturated carbocycles. The second-order valence-corrected chi connectivity index (χ2v) is 7.78. The van der Waals surface area contributed by atoms with Gasteiger partial charge in [-0.3, -0.25) is 9.59 Å². The molecule has 2 fully saturated rings. The lowest BCUT2D eigenvalue weighted by molar-refractivity contribution is -0.133. The molecule has 26 heavy (non-hydrogen) atoms. The number of halogens is 3. The number of carbonyl (C=O) groups is 2. The summed E-state index contributed by atoms with van der Waals surface area (Å²) in [5.41, 5.74) is 0.297. The first-order chi connectivity index (χ1) is 12.0. The molecule has 1 N–H and O–H groups in total. The molecule has 9 heteroatoms. The van der Waals surface area contributed by atoms with Crippen molar-refractivity contribution in [2.24, 2.45) is 0 Å². The molecule has 2 amide bonds. The lowest BCUT2D eigenvalue weighted by atomic mass is 10.1. The third kappa shape index (κ3) is 5.25. The van der Waals surface area contributed by atoms with E-state index in [-0.39, 0.29) is 35.3 Å². The summed E-state index contributed by atoms with van der Waals surface area (Å²) in [4.78, 5) is 28.4. The van der Waals surface area contributed by atoms with E-state index in [0.29, 0.717) is 38.2 Å². The van der Waals surface area contributed by atoms with Gasteiger partial charge in [0.1, 0.15) is 5.82 Å². The van der Waals surface area contributed by atoms with E-state index in [0.717, 1.165) is 24.1 Å². The van der Waals surface area contributed by atoms with E-state index in [1.165, 1.54) is 12.1 Å². The molecule has 1 atom stereocenters. The number of nitrogens with zero attached hydrogens (tertiary/aromatic N) is 2. The molecule has 0 spiro atoms. The molecule has 0 aromatic heterocycles. The molecule has 144 valence electrons. The van der Waals surface area contributed by atoms with Gasteiger partial charge in [0.2, 0.25) is 5.91 Å². The number of hydrogen-bond acceptors (Lipinski definition) is 4. The normalized spacial score (nSPS) is 20.5. The zero-order valence-electron chi connectivity index (χ0n) is 14.2. The molecule has 0 aliphatic carbocycles. The third-order valence-electron chi connectivity index (χ3n) is 4.50. The van der Waals surface area contributed by atoms with Crippen molar-refractivity contribution in [1.29, 1.82) is 0 Å². The van der Waals surface area contributed by atoms with E-state index in [9.17, 15) is 14.0 Å². The predicted molar refractivity (Wildman–Crippen MR) is 105 cm³/mol. The maximum atomic E-state index is 13.1. The fourth-order valence-electron chi connectivity index (χ4n) is 3.08. The average molecular weight is 422 g/mol. The number of nitrogens with one attached hydrogen (secondary N) is 1. The Morgan fingerprint density at radius 3 is 2.54 bits per heavy atom. The highest BCUT2D eigenvalue weighted by atomic mass is 35.5. The largest absolute Gasteiger partial charge is 0.339 e. The Morgan fingerprint density at radius 1 is 1.23 bits per heavy atom. The summed E-state index contributed by atoms with van der Waals surface area (Å²) >= 11 is 7.84. The van der Waals surface area contributed by atoms with Crippen molar-refractivity contribution in [1.82, 2.24) is 15.1 Å². The van der Waals surface area contributed by atoms with Crippen LogP contribution in [0.25, 0.3) is 0 Å². The first-order valence-electron chi connectivity index (χ1n) is 8.38. The number of hydrogen-bond donors (Lipinski definition) is 1. The summed E-state index contributed by atoms with van der Waals surface area (Å²) in [6, 6.07) is 4.02. The van der Waals surface area contributed by atoms with Gasteiger partial charge < -0.3 is 15.1 Å². The Kier molecular flexibility index (Phi) is 8.01. The third-order valence-corrected chi connectivity index (χ3v) is 5.94. The van der Waals surface area contributed by atoms with E-state index >= 15 is 0 Å². The Labute approximate surface area is 168 Å². The molecular weight excluding hydrogens is 400 g/mol. The molecule has 1 aromatic rings. The van der Waals surface area contributed by atoms with Crippen molar-refractivity contribution in [2.45, 2.75) is 12.5 Å². The Balaban J connectivity index is 0.00000243. The highest BCUT2D eigenvalue weighted by Gasteiger charge is 2.27. The molecular formula is C17H22Cl2FN3O2S. The van der Waals surface area contributed by atoms with Crippen molar-refractivity contribution in [3.05, 3.63) is 34.6 Å². The molecule has 2 aliphatic heterocycles. The Hall–Kier alpha value is -1.02. The van der Waals surface area contributed by atoms with Crippen molar-refractivity contribution in [3.8, 4) is 0 Å². The highest BCUT2D eigenvalue weighted by Crippen LogP contribution is 2.20. The minimum absolute atomic E-state index is 0. The standard InChI is InChI=1S/C17H21ClFN3O2S.ClH/c18-15-9-12(19)1-2-14(15)17(24)22-6-4-21(5-7-22)16(23)10-13-11-25-8-3-20-13;/h1-2,9,13,20H,3-8,10-11H2;1H. The van der Waals surface area contributed by atoms with Crippen LogP contribution >= 0.6 is 35.8 Å². The number of carbonyl (C=O) groups excluding carboxylic acids is 2. The van der Waals surface area contributed by atoms with Crippen molar-refractivity contribution in [3.63, 3.8) is 0 Å². The van der Waals surface area contributed by atoms with Crippen molar-refractivity contribution >= 4 is 47.6 Å². The van der Waals surface area contributed by atoms with Crippen LogP contribution in [0.3, 0.4) is 0 Å². The maximum absolute atomic E-state index is 13.1. The molecule has 0 radical (unpaired) electrons. The zero-order valence-corrected chi connectivity index (χ0v) is 16.6. The van der Waals surface area contributed by atoms with E-state index < -0.39 is 5.82 Å². The zero-order chi connectivity index (χ0) is 17.8. The van der Waals surface area contributed by atoms with Crippen LogP contribution in [-0.4, -0.2) is 71.9 Å². The van der Waals surface area contributed by atoms with Crippen LogP contribution < -0.4 is 5.32 Å². The molecule has 5 nitrogen and oxygen atoms in total. The van der Waals surface area contributed by atoms with Gasteiger partial charge in [-0.2, -0.15) is 11.8 Å². The summed E-state index contributed by atoms with van der Waals surface area (Å²) in [5.74, 6) is 1.51. The van der Waals surface area contributed by atoms with E-state index in [4.69, 9.17) is 11.6 Å². The van der Waals surface area contributed by atoms with Crippen LogP contribution in [0.15, 0.2) is 18.2 Å². The van der Waals surface area contributed by atoms with Gasteiger partial charge in [-0.15, -0.1) is 12.4 Å². The monoisotopic (exact) mass is 421 g/mol. The van der Waals surface area contributed by atoms with Gasteiger partial charge in [-0.25, -0.2) is 4.39 Å². The predicted octanol–water partition coefficient (Wildman–Crippen LogP) is 2.28. The lowest BCUT2D eigenvalue weighted by Gasteiger charge is -2.36. The fourth-order valence-corrected chi connectivity index (χ4v) is 4.28. The van der Waals surface area contributed by atoms with Gasteiger partial charge in [0.25, 0.3) is 5.91 Å². The topological polar surface area (TPSA) is 52.7 Å². The average Bonchev–Trinajstić information content (AvgIpc) is 2.62. The molecule has 2 aliphatic rings. The molecule has 3 rings (SSSR count). The number of amides is 2. The van der Waals surface area contributed by atoms with Crippen LogP contribution in [0, 0.1) is 5.82 Å². The molecule has 1 unspecified atom stereocenters. The van der Waals surface area contributed by atoms with Gasteiger partial charge in [-0.05, 0) is 18.2 Å². The molecule has 0 bridgehead atoms. The SMILES string of the molecule is Cl.O=C(CC1CSCCN1)N1CCN(C(=O)c2ccc(F)cc2Cl)CC1. The fraction of sp³-hybridized carbons (Fsp3) is 0.529. The maximum Gasteiger partial charge on any atom is 0.255 e. The summed E-state index contributed by atoms with van der Waals surface area (Å²) in [5, 5.41) is 3.49. The van der Waals surface area contributed by atoms with E-state index in [1.807, 2.05) is 16.7 Å². The summed E-state index contributed by atoms with van der Waals surface area (Å²) in [6.45, 7) is 2.91. The van der Waals surface area contributed by atoms with Gasteiger partial charge >= 0.3 is 0 Å². The summed E-state index contributed by atoms with van der Waals surface area (Å²) in [7, 11) is 0. The Morgan fingerprint density at radius 2 is 1.92 bits per heavy atom. The second-order valence-electron chi connectivity index (χ2n) is 6.23. The molecule has 2 heterocycles. The minimum atomic E-state index is -0.466. The highest BCUT2D eigenvalue weighted by molar-refractivity contribution is 7.99. The van der Waals surface area contributed by atoms with Crippen LogP contribution in [0.4, 0.5) is 4.39 Å². The number of benzene rings is 1. The first-order valence-corrected chi connectivity index (χ1v) is 9.91. The van der Waals surface area contributed by atoms with Gasteiger partial charge in [0, 0.05) is 56.7 Å². The first kappa shape index (κ1) is 21.3. The quantitative estimate of drug-likeness (QED) is 0.812. The van der Waals surface area contributed by atoms with Crippen molar-refractivity contribution < 1.29 is 14.0 Å². The minimum Gasteiger partial charge on any atom is -0.339 e. The summed E-state index contributed by atoms with van der Waals surface area (Å²) < 4.78 is 13.1. The smallest absolute Gasteiger partial charge is 0.255 e. The Bertz CT molecular complexity index is 651. The van der Waals surface area contributed by atoms with Crippen LogP contribution in [0.1, 0.15) is 16.8 Å². The van der Waals surface area contributed by atoms with Crippen LogP contribution in [0.2, 0.25) is 5.02 Å². The van der Waals surface area contributed by atoms with Gasteiger partial charge in [0.05, 0.1) is 10.6 Å². The molecule has 1 aromatic carbocycles. The lowest BCUT2D eigenvalue weighted by Crippen LogP contribution is -2.52.